The summed E-state index contributed by atoms with van der Waals surface area (Å²) < 4.78 is 11.2. The van der Waals surface area contributed by atoms with Crippen molar-refractivity contribution in [2.75, 3.05) is 18.6 Å². The average Bonchev–Trinajstić information content (AvgIpc) is 2.40. The van der Waals surface area contributed by atoms with Crippen LogP contribution in [0, 0.1) is 0 Å². The number of hydrogen-bond donors (Lipinski definition) is 5. The normalized spacial score (nSPS) is 14.5. The molecule has 0 aliphatic rings. The summed E-state index contributed by atoms with van der Waals surface area (Å²) in [4.78, 5) is 44.3. The molecule has 0 heterocycles. The van der Waals surface area contributed by atoms with Crippen molar-refractivity contribution >= 4 is 34.9 Å². The van der Waals surface area contributed by atoms with Gasteiger partial charge in [0.25, 0.3) is 0 Å². The zero-order valence-corrected chi connectivity index (χ0v) is 12.7. The molecule has 0 fully saturated rings. The highest BCUT2D eigenvalue weighted by Crippen LogP contribution is 1.98. The first-order chi connectivity index (χ1) is 10.1. The van der Waals surface area contributed by atoms with Crippen molar-refractivity contribution < 1.29 is 33.9 Å². The molecule has 0 saturated heterocycles. The number of carboxylic acids is 2. The van der Waals surface area contributed by atoms with E-state index in [4.69, 9.17) is 15.9 Å². The van der Waals surface area contributed by atoms with Gasteiger partial charge in [-0.25, -0.2) is 0 Å². The Morgan fingerprint density at radius 2 is 1.86 bits per heavy atom. The molecule has 0 aromatic heterocycles. The summed E-state index contributed by atoms with van der Waals surface area (Å²) in [7, 11) is 0. The molecule has 6 N–H and O–H groups in total. The van der Waals surface area contributed by atoms with Gasteiger partial charge in [0.1, 0.15) is 18.3 Å². The third kappa shape index (κ3) is 9.15. The van der Waals surface area contributed by atoms with E-state index in [9.17, 15) is 23.7 Å². The lowest BCUT2D eigenvalue weighted by atomic mass is 10.1. The van der Waals surface area contributed by atoms with Crippen LogP contribution >= 0.6 is 0 Å². The smallest absolute Gasteiger partial charge is 0.322 e. The van der Waals surface area contributed by atoms with E-state index in [1.807, 2.05) is 0 Å². The van der Waals surface area contributed by atoms with E-state index in [0.29, 0.717) is 0 Å². The van der Waals surface area contributed by atoms with E-state index in [1.165, 1.54) is 6.26 Å². The van der Waals surface area contributed by atoms with E-state index < -0.39 is 53.6 Å². The topological polar surface area (TPSA) is 182 Å². The number of carbonyl (C=O) groups is 4. The van der Waals surface area contributed by atoms with Crippen molar-refractivity contribution in [2.45, 2.75) is 24.9 Å². The number of nitrogens with one attached hydrogen (secondary N) is 2. The van der Waals surface area contributed by atoms with Gasteiger partial charge in [0.2, 0.25) is 11.8 Å². The molecule has 0 rings (SSSR count). The van der Waals surface area contributed by atoms with E-state index in [-0.39, 0.29) is 18.6 Å². The van der Waals surface area contributed by atoms with Gasteiger partial charge in [-0.3, -0.25) is 19.2 Å². The van der Waals surface area contributed by atoms with Crippen molar-refractivity contribution in [3.8, 4) is 0 Å². The standard InChI is InChI=1S/C11H19N3O7S/c1-22(21)5-7(10(18)13-4-9(16)17)14-8(15)3-2-6(12)11(19)20/h6-7H,2-5,12H2,1H3,(H,13,18)(H,14,15)(H,16,17)(H,19,20). The Balaban J connectivity index is 4.50. The monoisotopic (exact) mass is 337 g/mol. The van der Waals surface area contributed by atoms with Crippen LogP contribution < -0.4 is 16.4 Å². The Labute approximate surface area is 129 Å². The van der Waals surface area contributed by atoms with Crippen LogP contribution in [0.25, 0.3) is 0 Å². The summed E-state index contributed by atoms with van der Waals surface area (Å²) in [5.74, 6) is -4.13. The van der Waals surface area contributed by atoms with Crippen LogP contribution in [-0.2, 0) is 30.4 Å². The third-order valence-electron chi connectivity index (χ3n) is 2.47. The predicted molar refractivity (Wildman–Crippen MR) is 76.4 cm³/mol. The van der Waals surface area contributed by atoms with Crippen LogP contribution in [0.15, 0.2) is 0 Å². The lowest BCUT2D eigenvalue weighted by molar-refractivity contribution is -0.139. The minimum atomic E-state index is -1.41. The van der Waals surface area contributed by atoms with Crippen LogP contribution in [-0.4, -0.2) is 69.2 Å². The predicted octanol–water partition coefficient (Wildman–Crippen LogP) is -2.76. The molecule has 0 radical (unpaired) electrons. The third-order valence-corrected chi connectivity index (χ3v) is 3.27. The Hall–Kier alpha value is -1.85. The minimum Gasteiger partial charge on any atom is -0.616 e. The molecule has 0 aromatic rings. The maximum absolute atomic E-state index is 11.7. The molecule has 0 saturated carbocycles. The van der Waals surface area contributed by atoms with Crippen molar-refractivity contribution in [1.29, 1.82) is 0 Å². The first-order valence-electron chi connectivity index (χ1n) is 6.20. The van der Waals surface area contributed by atoms with Gasteiger partial charge < -0.3 is 31.1 Å². The highest BCUT2D eigenvalue weighted by Gasteiger charge is 2.25. The number of amides is 2. The molecular weight excluding hydrogens is 318 g/mol. The summed E-state index contributed by atoms with van der Waals surface area (Å²) in [6, 6.07) is -2.37. The van der Waals surface area contributed by atoms with Gasteiger partial charge in [0.15, 0.2) is 6.04 Å². The van der Waals surface area contributed by atoms with Crippen molar-refractivity contribution in [3.05, 3.63) is 0 Å². The number of carboxylic acid groups (broad SMARTS) is 2. The number of hydrogen-bond acceptors (Lipinski definition) is 6. The first kappa shape index (κ1) is 20.1. The average molecular weight is 337 g/mol. The number of nitrogens with two attached hydrogens (primary N) is 1. The molecule has 126 valence electrons. The largest absolute Gasteiger partial charge is 0.616 e. The fourth-order valence-electron chi connectivity index (χ4n) is 1.38. The summed E-state index contributed by atoms with van der Waals surface area (Å²) in [5.41, 5.74) is 5.24. The molecule has 10 nitrogen and oxygen atoms in total. The lowest BCUT2D eigenvalue weighted by Crippen LogP contribution is -2.51. The molecule has 22 heavy (non-hydrogen) atoms. The van der Waals surface area contributed by atoms with E-state index in [2.05, 4.69) is 10.6 Å². The second-order valence-electron chi connectivity index (χ2n) is 4.45. The fourth-order valence-corrected chi connectivity index (χ4v) is 2.08. The van der Waals surface area contributed by atoms with Crippen LogP contribution in [0.4, 0.5) is 0 Å². The van der Waals surface area contributed by atoms with Gasteiger partial charge in [0, 0.05) is 6.42 Å². The summed E-state index contributed by atoms with van der Waals surface area (Å²) in [6.45, 7) is -0.633. The molecule has 0 bridgehead atoms. The molecule has 11 heteroatoms. The zero-order valence-electron chi connectivity index (χ0n) is 11.9. The summed E-state index contributed by atoms with van der Waals surface area (Å²) >= 11 is -1.41. The molecule has 2 amide bonds. The molecule has 0 aliphatic heterocycles. The SMILES string of the molecule is C[S+]([O-])CC(NC(=O)CCC(N)C(=O)O)C(=O)NCC(=O)O. The molecular formula is C11H19N3O7S. The van der Waals surface area contributed by atoms with Gasteiger partial charge in [0.05, 0.1) is 6.26 Å². The number of aliphatic carboxylic acids is 2. The van der Waals surface area contributed by atoms with E-state index in [0.717, 1.165) is 0 Å². The van der Waals surface area contributed by atoms with Gasteiger partial charge in [-0.15, -0.1) is 0 Å². The highest BCUT2D eigenvalue weighted by atomic mass is 32.2. The first-order valence-corrected chi connectivity index (χ1v) is 7.93. The van der Waals surface area contributed by atoms with Crippen LogP contribution in [0.2, 0.25) is 0 Å². The molecule has 3 atom stereocenters. The minimum absolute atomic E-state index is 0.125. The number of carbonyl (C=O) groups excluding carboxylic acids is 2. The number of rotatable bonds is 10. The van der Waals surface area contributed by atoms with Gasteiger partial charge in [-0.1, -0.05) is 11.2 Å². The second kappa shape index (κ2) is 9.97. The van der Waals surface area contributed by atoms with Crippen LogP contribution in [0.5, 0.6) is 0 Å². The molecule has 0 aromatic carbocycles. The highest BCUT2D eigenvalue weighted by molar-refractivity contribution is 7.90. The molecule has 0 aliphatic carbocycles. The van der Waals surface area contributed by atoms with Gasteiger partial charge in [-0.2, -0.15) is 0 Å². The quantitative estimate of drug-likeness (QED) is 0.266. The zero-order chi connectivity index (χ0) is 17.3. The summed E-state index contributed by atoms with van der Waals surface area (Å²) in [5, 5.41) is 21.4. The van der Waals surface area contributed by atoms with E-state index in [1.54, 1.807) is 0 Å². The second-order valence-corrected chi connectivity index (χ2v) is 5.93. The van der Waals surface area contributed by atoms with E-state index >= 15 is 0 Å². The maximum Gasteiger partial charge on any atom is 0.322 e. The Morgan fingerprint density at radius 1 is 1.27 bits per heavy atom. The fraction of sp³-hybridized carbons (Fsp3) is 0.636. The molecule has 3 unspecified atom stereocenters. The Kier molecular flexibility index (Phi) is 9.13. The van der Waals surface area contributed by atoms with Crippen molar-refractivity contribution in [2.24, 2.45) is 5.73 Å². The van der Waals surface area contributed by atoms with Crippen molar-refractivity contribution in [3.63, 3.8) is 0 Å². The Bertz CT molecular complexity index is 430. The summed E-state index contributed by atoms with van der Waals surface area (Å²) in [6.07, 6.45) is 0.969. The van der Waals surface area contributed by atoms with Gasteiger partial charge >= 0.3 is 11.9 Å². The van der Waals surface area contributed by atoms with Crippen LogP contribution in [0.1, 0.15) is 12.8 Å². The van der Waals surface area contributed by atoms with Crippen molar-refractivity contribution in [1.82, 2.24) is 10.6 Å². The molecule has 0 spiro atoms. The maximum atomic E-state index is 11.7. The van der Waals surface area contributed by atoms with Gasteiger partial charge in [-0.05, 0) is 6.42 Å². The Morgan fingerprint density at radius 3 is 2.32 bits per heavy atom. The lowest BCUT2D eigenvalue weighted by Gasteiger charge is -2.18. The van der Waals surface area contributed by atoms with Crippen LogP contribution in [0.3, 0.4) is 0 Å².